The molecule has 2 aromatic heterocycles. The number of halogens is 1. The van der Waals surface area contributed by atoms with Crippen molar-refractivity contribution in [3.8, 4) is 17.1 Å². The predicted molar refractivity (Wildman–Crippen MR) is 164 cm³/mol. The van der Waals surface area contributed by atoms with Crippen molar-refractivity contribution in [3.05, 3.63) is 65.3 Å². The SMILES string of the molecule is CNC(=O)COc1ccc(-c2nc3ncc(Cl)c(NC4CCN(Cc5ccc(N(C)SC)cc5)CC4)c3[nH]2)cc1. The van der Waals surface area contributed by atoms with Crippen LogP contribution in [-0.4, -0.2) is 71.8 Å². The number of likely N-dealkylation sites (N-methyl/N-ethyl adjacent to an activating group) is 1. The number of H-pyrrole nitrogens is 1. The summed E-state index contributed by atoms with van der Waals surface area (Å²) in [4.78, 5) is 26.5. The molecule has 0 saturated carbocycles. The molecule has 1 saturated heterocycles. The third kappa shape index (κ3) is 6.63. The zero-order valence-corrected chi connectivity index (χ0v) is 24.5. The van der Waals surface area contributed by atoms with Crippen LogP contribution in [0.1, 0.15) is 18.4 Å². The number of hydrogen-bond donors (Lipinski definition) is 3. The Kier molecular flexibility index (Phi) is 8.98. The minimum absolute atomic E-state index is 0.0277. The van der Waals surface area contributed by atoms with E-state index in [-0.39, 0.29) is 12.5 Å². The van der Waals surface area contributed by atoms with E-state index in [0.29, 0.717) is 28.3 Å². The fraction of sp³-hybridized carbons (Fsp3) is 0.345. The second-order valence-electron chi connectivity index (χ2n) is 9.79. The molecule has 0 spiro atoms. The standard InChI is InChI=1S/C29H34ClN7O2S/c1-31-25(38)18-39-23-10-6-20(7-11-23)28-34-27-26(24(30)16-32-29(27)35-28)33-21-12-14-37(15-13-21)17-19-4-8-22(9-5-19)36(2)40-3/h4-11,16,21H,12-15,17-18H2,1-3H3,(H,31,38)(H2,32,33,34,35). The first kappa shape index (κ1) is 28.1. The molecule has 1 aliphatic heterocycles. The highest BCUT2D eigenvalue weighted by atomic mass is 35.5. The molecule has 1 fully saturated rings. The molecule has 210 valence electrons. The number of anilines is 2. The van der Waals surface area contributed by atoms with Crippen molar-refractivity contribution in [2.24, 2.45) is 0 Å². The highest BCUT2D eigenvalue weighted by molar-refractivity contribution is 7.99. The summed E-state index contributed by atoms with van der Waals surface area (Å²) in [6.07, 6.45) is 5.77. The highest BCUT2D eigenvalue weighted by Gasteiger charge is 2.22. The number of nitrogens with zero attached hydrogens (tertiary/aromatic N) is 4. The average Bonchev–Trinajstić information content (AvgIpc) is 3.43. The summed E-state index contributed by atoms with van der Waals surface area (Å²) in [5.74, 6) is 1.12. The molecule has 0 unspecified atom stereocenters. The number of aromatic amines is 1. The molecule has 1 amide bonds. The number of pyridine rings is 1. The molecule has 9 nitrogen and oxygen atoms in total. The summed E-state index contributed by atoms with van der Waals surface area (Å²) >= 11 is 8.32. The Morgan fingerprint density at radius 1 is 1.18 bits per heavy atom. The third-order valence-corrected chi connectivity index (χ3v) is 8.21. The van der Waals surface area contributed by atoms with Crippen LogP contribution in [-0.2, 0) is 11.3 Å². The van der Waals surface area contributed by atoms with Crippen molar-refractivity contribution in [1.29, 1.82) is 0 Å². The van der Waals surface area contributed by atoms with Gasteiger partial charge in [-0.3, -0.25) is 9.69 Å². The molecule has 1 aliphatic rings. The summed E-state index contributed by atoms with van der Waals surface area (Å²) in [5.41, 5.74) is 5.66. The number of likely N-dealkylation sites (tertiary alicyclic amines) is 1. The molecule has 0 bridgehead atoms. The van der Waals surface area contributed by atoms with Gasteiger partial charge in [-0.1, -0.05) is 35.7 Å². The molecule has 11 heteroatoms. The zero-order chi connectivity index (χ0) is 28.1. The number of nitrogens with one attached hydrogen (secondary N) is 3. The number of hydrogen-bond acceptors (Lipinski definition) is 8. The van der Waals surface area contributed by atoms with Gasteiger partial charge in [-0.15, -0.1) is 0 Å². The highest BCUT2D eigenvalue weighted by Crippen LogP contribution is 2.32. The van der Waals surface area contributed by atoms with E-state index in [9.17, 15) is 4.79 Å². The van der Waals surface area contributed by atoms with Crippen LogP contribution in [0.3, 0.4) is 0 Å². The monoisotopic (exact) mass is 579 g/mol. The summed E-state index contributed by atoms with van der Waals surface area (Å²) in [6, 6.07) is 16.6. The Hall–Kier alpha value is -3.47. The lowest BCUT2D eigenvalue weighted by Crippen LogP contribution is -2.38. The molecular formula is C29H34ClN7O2S. The molecule has 2 aromatic carbocycles. The van der Waals surface area contributed by atoms with Crippen molar-refractivity contribution in [3.63, 3.8) is 0 Å². The number of imidazole rings is 1. The van der Waals surface area contributed by atoms with Crippen molar-refractivity contribution >= 4 is 52.0 Å². The van der Waals surface area contributed by atoms with E-state index in [4.69, 9.17) is 21.3 Å². The van der Waals surface area contributed by atoms with Gasteiger partial charge in [0.05, 0.1) is 16.9 Å². The number of aromatic nitrogens is 3. The van der Waals surface area contributed by atoms with Crippen LogP contribution in [0, 0.1) is 0 Å². The van der Waals surface area contributed by atoms with E-state index in [2.05, 4.69) is 67.4 Å². The van der Waals surface area contributed by atoms with Gasteiger partial charge in [0.2, 0.25) is 0 Å². The van der Waals surface area contributed by atoms with E-state index in [1.165, 1.54) is 11.3 Å². The summed E-state index contributed by atoms with van der Waals surface area (Å²) in [5, 5.41) is 6.78. The largest absolute Gasteiger partial charge is 0.484 e. The predicted octanol–water partition coefficient (Wildman–Crippen LogP) is 5.19. The number of fused-ring (bicyclic) bond motifs is 1. The first-order chi connectivity index (χ1) is 19.4. The van der Waals surface area contributed by atoms with Gasteiger partial charge in [0.1, 0.15) is 17.1 Å². The maximum Gasteiger partial charge on any atom is 0.257 e. The lowest BCUT2D eigenvalue weighted by Gasteiger charge is -2.33. The van der Waals surface area contributed by atoms with Crippen LogP contribution < -0.4 is 19.7 Å². The number of carbonyl (C=O) groups excluding carboxylic acids is 1. The molecule has 5 rings (SSSR count). The van der Waals surface area contributed by atoms with Crippen LogP contribution >= 0.6 is 23.5 Å². The normalized spacial score (nSPS) is 14.3. The van der Waals surface area contributed by atoms with Crippen LogP contribution in [0.5, 0.6) is 5.75 Å². The van der Waals surface area contributed by atoms with Gasteiger partial charge in [-0.05, 0) is 54.8 Å². The first-order valence-corrected chi connectivity index (χ1v) is 14.8. The molecule has 3 N–H and O–H groups in total. The van der Waals surface area contributed by atoms with E-state index in [0.717, 1.165) is 49.2 Å². The average molecular weight is 580 g/mol. The maximum absolute atomic E-state index is 11.4. The van der Waals surface area contributed by atoms with Gasteiger partial charge in [-0.25, -0.2) is 9.97 Å². The van der Waals surface area contributed by atoms with Gasteiger partial charge in [-0.2, -0.15) is 0 Å². The lowest BCUT2D eigenvalue weighted by atomic mass is 10.0. The van der Waals surface area contributed by atoms with Gasteiger partial charge in [0.15, 0.2) is 12.3 Å². The molecule has 4 aromatic rings. The van der Waals surface area contributed by atoms with Crippen molar-refractivity contribution in [1.82, 2.24) is 25.2 Å². The first-order valence-electron chi connectivity index (χ1n) is 13.3. The van der Waals surface area contributed by atoms with Crippen LogP contribution in [0.15, 0.2) is 54.7 Å². The maximum atomic E-state index is 11.4. The molecule has 0 atom stereocenters. The minimum Gasteiger partial charge on any atom is -0.484 e. The number of benzene rings is 2. The topological polar surface area (TPSA) is 98.4 Å². The second kappa shape index (κ2) is 12.8. The number of carbonyl (C=O) groups is 1. The quantitative estimate of drug-likeness (QED) is 0.221. The zero-order valence-electron chi connectivity index (χ0n) is 22.9. The van der Waals surface area contributed by atoms with Crippen molar-refractivity contribution in [2.45, 2.75) is 25.4 Å². The van der Waals surface area contributed by atoms with E-state index in [1.807, 2.05) is 24.3 Å². The van der Waals surface area contributed by atoms with Gasteiger partial charge in [0.25, 0.3) is 5.91 Å². The van der Waals surface area contributed by atoms with Crippen molar-refractivity contribution in [2.75, 3.05) is 49.7 Å². The second-order valence-corrected chi connectivity index (χ2v) is 11.1. The Morgan fingerprint density at radius 2 is 1.90 bits per heavy atom. The van der Waals surface area contributed by atoms with Gasteiger partial charge in [0, 0.05) is 57.3 Å². The smallest absolute Gasteiger partial charge is 0.257 e. The molecule has 0 aliphatic carbocycles. The Labute approximate surface area is 243 Å². The van der Waals surface area contributed by atoms with Crippen LogP contribution in [0.4, 0.5) is 11.4 Å². The van der Waals surface area contributed by atoms with Crippen LogP contribution in [0.25, 0.3) is 22.6 Å². The Morgan fingerprint density at radius 3 is 2.58 bits per heavy atom. The molecule has 40 heavy (non-hydrogen) atoms. The number of piperidine rings is 1. The van der Waals surface area contributed by atoms with E-state index in [1.54, 1.807) is 25.2 Å². The molecular weight excluding hydrogens is 546 g/mol. The number of rotatable bonds is 10. The summed E-state index contributed by atoms with van der Waals surface area (Å²) in [6.45, 7) is 2.95. The van der Waals surface area contributed by atoms with E-state index < -0.39 is 0 Å². The number of ether oxygens (including phenoxy) is 1. The van der Waals surface area contributed by atoms with E-state index >= 15 is 0 Å². The summed E-state index contributed by atoms with van der Waals surface area (Å²) in [7, 11) is 3.66. The Bertz CT molecular complexity index is 1440. The minimum atomic E-state index is -0.181. The fourth-order valence-electron chi connectivity index (χ4n) is 4.76. The molecule has 3 heterocycles. The third-order valence-electron chi connectivity index (χ3n) is 7.17. The lowest BCUT2D eigenvalue weighted by molar-refractivity contribution is -0.122. The van der Waals surface area contributed by atoms with Crippen LogP contribution in [0.2, 0.25) is 5.02 Å². The summed E-state index contributed by atoms with van der Waals surface area (Å²) < 4.78 is 7.66. The van der Waals surface area contributed by atoms with Crippen molar-refractivity contribution < 1.29 is 9.53 Å². The fourth-order valence-corrected chi connectivity index (χ4v) is 5.29. The van der Waals surface area contributed by atoms with Gasteiger partial charge < -0.3 is 24.7 Å². The number of amides is 1. The molecule has 0 radical (unpaired) electrons. The Balaban J connectivity index is 1.21. The van der Waals surface area contributed by atoms with Gasteiger partial charge >= 0.3 is 0 Å².